The zero-order chi connectivity index (χ0) is 53.2. The van der Waals surface area contributed by atoms with Crippen LogP contribution in [0.5, 0.6) is 11.5 Å². The van der Waals surface area contributed by atoms with Crippen LogP contribution in [0.3, 0.4) is 0 Å². The van der Waals surface area contributed by atoms with Gasteiger partial charge >= 0.3 is 0 Å². The van der Waals surface area contributed by atoms with Gasteiger partial charge < -0.3 is 14.5 Å². The van der Waals surface area contributed by atoms with Crippen molar-refractivity contribution in [3.63, 3.8) is 0 Å². The topological polar surface area (TPSA) is 33.5 Å². The Kier molecular flexibility index (Phi) is 7.52. The molecule has 0 saturated heterocycles. The maximum Gasteiger partial charge on any atom is 0.137 e. The summed E-state index contributed by atoms with van der Waals surface area (Å²) in [5.41, 5.74) is 8.62. The Bertz CT molecular complexity index is 3680. The third-order valence-corrected chi connectivity index (χ3v) is 12.7. The largest absolute Gasteiger partial charge is 0.457 e. The molecule has 0 N–H and O–H groups in total. The van der Waals surface area contributed by atoms with Gasteiger partial charge in [0.25, 0.3) is 0 Å². The molecule has 0 spiro atoms. The summed E-state index contributed by atoms with van der Waals surface area (Å²) < 4.78 is 98.6. The van der Waals surface area contributed by atoms with Crippen LogP contribution in [0.4, 0.5) is 22.7 Å². The molecule has 3 heterocycles. The first-order valence-corrected chi connectivity index (χ1v) is 21.7. The molecule has 0 unspecified atom stereocenters. The molecule has 0 aliphatic carbocycles. The summed E-state index contributed by atoms with van der Waals surface area (Å²) >= 11 is 0. The highest BCUT2D eigenvalue weighted by Crippen LogP contribution is 2.53. The fourth-order valence-electron chi connectivity index (χ4n) is 9.03. The summed E-state index contributed by atoms with van der Waals surface area (Å²) in [6.07, 6.45) is 1.86. The third kappa shape index (κ3) is 7.10. The number of hydrogen-bond donors (Lipinski definition) is 0. The van der Waals surface area contributed by atoms with Gasteiger partial charge in [0.1, 0.15) is 24.0 Å². The fraction of sp³-hybridized carbons (Fsp3) is 0.203. The molecule has 10 rings (SSSR count). The van der Waals surface area contributed by atoms with Crippen LogP contribution >= 0.6 is 0 Å². The lowest BCUT2D eigenvalue weighted by Gasteiger charge is -2.31. The molecule has 64 heavy (non-hydrogen) atoms. The monoisotopic (exact) mass is 847 g/mol. The second-order valence-electron chi connectivity index (χ2n) is 18.7. The molecule has 1 aliphatic rings. The molecule has 0 saturated carbocycles. The minimum atomic E-state index is -0.544. The molecule has 5 nitrogen and oxygen atoms in total. The van der Waals surface area contributed by atoms with E-state index in [0.717, 1.165) is 50.1 Å². The number of aromatic nitrogens is 2. The zero-order valence-corrected chi connectivity index (χ0v) is 37.7. The smallest absolute Gasteiger partial charge is 0.137 e. The van der Waals surface area contributed by atoms with E-state index in [1.54, 1.807) is 0 Å². The second-order valence-corrected chi connectivity index (χ2v) is 18.7. The first-order valence-electron chi connectivity index (χ1n) is 26.7. The van der Waals surface area contributed by atoms with Gasteiger partial charge in [0.2, 0.25) is 0 Å². The van der Waals surface area contributed by atoms with E-state index < -0.39 is 60.4 Å². The van der Waals surface area contributed by atoms with E-state index in [4.69, 9.17) is 17.9 Å². The van der Waals surface area contributed by atoms with Crippen molar-refractivity contribution >= 4 is 44.6 Å². The molecule has 318 valence electrons. The van der Waals surface area contributed by atoms with Gasteiger partial charge in [0, 0.05) is 45.9 Å². The Balaban J connectivity index is 1.18. The predicted molar refractivity (Wildman–Crippen MR) is 270 cm³/mol. The van der Waals surface area contributed by atoms with Gasteiger partial charge in [-0.25, -0.2) is 4.98 Å². The van der Waals surface area contributed by atoms with Crippen molar-refractivity contribution in [2.45, 2.75) is 73.1 Å². The Morgan fingerprint density at radius 3 is 1.78 bits per heavy atom. The highest BCUT2D eigenvalue weighted by atomic mass is 16.5. The second kappa shape index (κ2) is 15.6. The van der Waals surface area contributed by atoms with Gasteiger partial charge in [0.15, 0.2) is 0 Å². The van der Waals surface area contributed by atoms with Crippen LogP contribution in [-0.2, 0) is 10.8 Å². The number of hydrogen-bond acceptors (Lipinski definition) is 4. The molecule has 1 aliphatic heterocycles. The van der Waals surface area contributed by atoms with Gasteiger partial charge in [-0.2, -0.15) is 0 Å². The number of anilines is 4. The Labute approximate surface area is 392 Å². The minimum absolute atomic E-state index is 0.0599. The fourth-order valence-corrected chi connectivity index (χ4v) is 9.03. The minimum Gasteiger partial charge on any atom is -0.457 e. The van der Waals surface area contributed by atoms with Crippen molar-refractivity contribution in [3.05, 3.63) is 192 Å². The molecule has 7 aromatic carbocycles. The lowest BCUT2D eigenvalue weighted by atomic mass is 9.85. The van der Waals surface area contributed by atoms with Crippen LogP contribution in [0.15, 0.2) is 164 Å². The van der Waals surface area contributed by atoms with E-state index in [1.807, 2.05) is 80.4 Å². The highest BCUT2D eigenvalue weighted by molar-refractivity contribution is 6.09. The summed E-state index contributed by atoms with van der Waals surface area (Å²) in [6.45, 7) is 18.6. The van der Waals surface area contributed by atoms with Gasteiger partial charge in [-0.3, -0.25) is 4.57 Å². The van der Waals surface area contributed by atoms with Crippen molar-refractivity contribution in [1.82, 2.24) is 9.55 Å². The molecule has 0 radical (unpaired) electrons. The van der Waals surface area contributed by atoms with Gasteiger partial charge in [0.05, 0.1) is 41.8 Å². The van der Waals surface area contributed by atoms with E-state index in [1.165, 1.54) is 0 Å². The number of fused-ring (bicyclic) bond motifs is 4. The first kappa shape index (κ1) is 30.9. The number of benzene rings is 7. The van der Waals surface area contributed by atoms with Crippen molar-refractivity contribution in [3.8, 4) is 39.6 Å². The molecule has 9 aromatic rings. The van der Waals surface area contributed by atoms with Crippen molar-refractivity contribution < 1.29 is 18.4 Å². The van der Waals surface area contributed by atoms with Crippen LogP contribution in [-0.4, -0.2) is 16.2 Å². The zero-order valence-electron chi connectivity index (χ0n) is 47.7. The number of pyridine rings is 1. The van der Waals surface area contributed by atoms with Crippen molar-refractivity contribution in [2.75, 3.05) is 16.5 Å². The summed E-state index contributed by atoms with van der Waals surface area (Å²) in [6, 6.07) is 27.7. The Morgan fingerprint density at radius 1 is 0.547 bits per heavy atom. The lowest BCUT2D eigenvalue weighted by molar-refractivity contribution is 0.479. The predicted octanol–water partition coefficient (Wildman–Crippen LogP) is 16.1. The van der Waals surface area contributed by atoms with Crippen LogP contribution in [0, 0.1) is 20.8 Å². The lowest BCUT2D eigenvalue weighted by Crippen LogP contribution is -2.26. The van der Waals surface area contributed by atoms with Crippen molar-refractivity contribution in [1.29, 1.82) is 0 Å². The van der Waals surface area contributed by atoms with Crippen LogP contribution in [0.25, 0.3) is 49.9 Å². The number of para-hydroxylation sites is 3. The van der Waals surface area contributed by atoms with Crippen LogP contribution < -0.4 is 14.5 Å². The standard InChI is InChI=1S/C59H56N4O/c1-38-39(2)55(41-20-12-10-13-21-41)57(56(40(38)3)42-22-14-11-15-23-42)62-37-61(51-26-18-19-27-52(51)62)45-32-44(59(7,8)9)33-47(35-45)64-46-28-29-49-48-24-16-17-25-50(48)63(53(49)36-46)54-34-43(30-31-60-54)58(4,5)6/h10-36H,37H2,1-9H3/i10D,11D,12D,13D,14D,15D,20D,21D,22D,23D. The summed E-state index contributed by atoms with van der Waals surface area (Å²) in [5, 5.41) is 2.15. The number of ether oxygens (including phenoxy) is 1. The average molecular weight is 847 g/mol. The Morgan fingerprint density at radius 2 is 1.14 bits per heavy atom. The Hall–Kier alpha value is -7.11. The van der Waals surface area contributed by atoms with Crippen LogP contribution in [0.1, 0.15) is 83.1 Å². The highest BCUT2D eigenvalue weighted by Gasteiger charge is 2.34. The van der Waals surface area contributed by atoms with E-state index in [-0.39, 0.29) is 28.6 Å². The van der Waals surface area contributed by atoms with E-state index in [0.29, 0.717) is 50.7 Å². The third-order valence-electron chi connectivity index (χ3n) is 12.7. The maximum atomic E-state index is 9.31. The summed E-state index contributed by atoms with van der Waals surface area (Å²) in [4.78, 5) is 8.97. The first-order chi connectivity index (χ1) is 34.9. The molecule has 2 aromatic heterocycles. The molecule has 0 atom stereocenters. The van der Waals surface area contributed by atoms with E-state index in [2.05, 4.69) is 99.5 Å². The molecular formula is C59H56N4O. The van der Waals surface area contributed by atoms with E-state index in [9.17, 15) is 5.48 Å². The number of nitrogens with zero attached hydrogens (tertiary/aromatic N) is 4. The van der Waals surface area contributed by atoms with Gasteiger partial charge in [-0.05, 0) is 125 Å². The number of rotatable bonds is 7. The van der Waals surface area contributed by atoms with Crippen LogP contribution in [0.2, 0.25) is 0 Å². The molecule has 5 heteroatoms. The quantitative estimate of drug-likeness (QED) is 0.160. The van der Waals surface area contributed by atoms with Crippen molar-refractivity contribution in [2.24, 2.45) is 0 Å². The molecule has 0 fully saturated rings. The summed E-state index contributed by atoms with van der Waals surface area (Å²) in [7, 11) is 0. The molecule has 0 bridgehead atoms. The molecular weight excluding hydrogens is 781 g/mol. The van der Waals surface area contributed by atoms with Gasteiger partial charge in [-0.15, -0.1) is 0 Å². The molecule has 0 amide bonds. The SMILES string of the molecule is [2H]c1c([2H])c([2H])c(-c2c(C)c(C)c(C)c(-c3c([2H])c([2H])c([2H])c([2H])c3[2H])c2N2CN(c3cc(Oc4ccc5c6ccccc6n(-c6cc(C(C)(C)C)ccn6)c5c4)cc(C(C)(C)C)c3)c3ccccc32)c([2H])c1[2H]. The van der Waals surface area contributed by atoms with E-state index >= 15 is 0 Å². The maximum absolute atomic E-state index is 9.31. The average Bonchev–Trinajstić information content (AvgIpc) is 3.92. The summed E-state index contributed by atoms with van der Waals surface area (Å²) in [5.74, 6) is 2.00. The normalized spacial score (nSPS) is 15.1. The van der Waals surface area contributed by atoms with Gasteiger partial charge in [-0.1, -0.05) is 132 Å².